The number of amides is 2. The first-order chi connectivity index (χ1) is 15.4. The van der Waals surface area contributed by atoms with Gasteiger partial charge in [0, 0.05) is 37.7 Å². The molecular formula is C23H26N4O3S2. The number of allylic oxidation sites excluding steroid dienone is 1. The fourth-order valence-corrected chi connectivity index (χ4v) is 6.19. The molecule has 0 bridgehead atoms. The summed E-state index contributed by atoms with van der Waals surface area (Å²) in [6.07, 6.45) is 3.17. The number of aromatic nitrogens is 1. The van der Waals surface area contributed by atoms with E-state index in [9.17, 15) is 14.7 Å². The molecule has 4 rings (SSSR count). The van der Waals surface area contributed by atoms with E-state index in [-0.39, 0.29) is 11.2 Å². The van der Waals surface area contributed by atoms with Crippen molar-refractivity contribution in [2.24, 2.45) is 0 Å². The van der Waals surface area contributed by atoms with Gasteiger partial charge >= 0.3 is 6.09 Å². The Morgan fingerprint density at radius 1 is 1.41 bits per heavy atom. The number of carboxylic acid groups (broad SMARTS) is 1. The molecule has 0 fully saturated rings. The van der Waals surface area contributed by atoms with Crippen LogP contribution in [0.2, 0.25) is 0 Å². The number of fused-ring (bicyclic) bond motifs is 2. The molecule has 2 amide bonds. The van der Waals surface area contributed by atoms with Crippen LogP contribution in [-0.2, 0) is 4.79 Å². The standard InChI is InChI=1S/C23H26N4O3S2/c1-4-14-5-6-17-16(11-14)25-21(31-17)20-15-8-10-27(23(29)30)12-18(15)32-22(20)26-19(28)7-9-24-13(2)3/h4-6,8,11,13,18,24H,1,7,9-10,12H2,2-3H3,(H,26,28)(H,29,30). The van der Waals surface area contributed by atoms with E-state index < -0.39 is 6.09 Å². The zero-order valence-electron chi connectivity index (χ0n) is 18.1. The average Bonchev–Trinajstić information content (AvgIpc) is 3.32. The van der Waals surface area contributed by atoms with E-state index in [0.29, 0.717) is 32.1 Å². The van der Waals surface area contributed by atoms with Gasteiger partial charge in [0.1, 0.15) is 5.01 Å². The maximum Gasteiger partial charge on any atom is 0.407 e. The summed E-state index contributed by atoms with van der Waals surface area (Å²) < 4.78 is 1.06. The Hall–Kier alpha value is -2.62. The fourth-order valence-electron chi connectivity index (χ4n) is 3.72. The van der Waals surface area contributed by atoms with Gasteiger partial charge in [0.05, 0.1) is 20.5 Å². The third kappa shape index (κ3) is 4.74. The van der Waals surface area contributed by atoms with Gasteiger partial charge in [-0.25, -0.2) is 9.78 Å². The van der Waals surface area contributed by atoms with Crippen molar-refractivity contribution in [3.05, 3.63) is 52.0 Å². The molecule has 7 nitrogen and oxygen atoms in total. The van der Waals surface area contributed by atoms with E-state index in [2.05, 4.69) is 17.2 Å². The fraction of sp³-hybridized carbons (Fsp3) is 0.348. The molecule has 2 aliphatic heterocycles. The van der Waals surface area contributed by atoms with Gasteiger partial charge in [-0.3, -0.25) is 4.79 Å². The highest BCUT2D eigenvalue weighted by atomic mass is 32.2. The zero-order valence-corrected chi connectivity index (χ0v) is 19.7. The number of nitrogens with one attached hydrogen (secondary N) is 2. The van der Waals surface area contributed by atoms with E-state index >= 15 is 0 Å². The summed E-state index contributed by atoms with van der Waals surface area (Å²) in [5.74, 6) is -0.0671. The molecule has 0 aliphatic carbocycles. The molecule has 32 heavy (non-hydrogen) atoms. The van der Waals surface area contributed by atoms with Crippen LogP contribution >= 0.6 is 23.1 Å². The summed E-state index contributed by atoms with van der Waals surface area (Å²) in [4.78, 5) is 30.4. The summed E-state index contributed by atoms with van der Waals surface area (Å²) in [7, 11) is 0. The number of carbonyl (C=O) groups excluding carboxylic acids is 1. The number of rotatable bonds is 7. The lowest BCUT2D eigenvalue weighted by Crippen LogP contribution is -2.39. The predicted molar refractivity (Wildman–Crippen MR) is 132 cm³/mol. The van der Waals surface area contributed by atoms with Crippen molar-refractivity contribution < 1.29 is 14.7 Å². The topological polar surface area (TPSA) is 94.6 Å². The number of hydrogen-bond donors (Lipinski definition) is 3. The highest BCUT2D eigenvalue weighted by molar-refractivity contribution is 8.04. The van der Waals surface area contributed by atoms with Crippen molar-refractivity contribution in [3.8, 4) is 0 Å². The van der Waals surface area contributed by atoms with Crippen molar-refractivity contribution in [1.82, 2.24) is 20.5 Å². The molecule has 1 aromatic carbocycles. The number of hydrogen-bond acceptors (Lipinski definition) is 6. The Kier molecular flexibility index (Phi) is 6.68. The van der Waals surface area contributed by atoms with Crippen LogP contribution in [0.15, 0.2) is 41.5 Å². The second-order valence-electron chi connectivity index (χ2n) is 8.01. The zero-order chi connectivity index (χ0) is 22.8. The molecule has 9 heteroatoms. The second-order valence-corrected chi connectivity index (χ2v) is 10.3. The quantitative estimate of drug-likeness (QED) is 0.563. The molecule has 1 atom stereocenters. The number of nitrogens with zero attached hydrogens (tertiary/aromatic N) is 2. The monoisotopic (exact) mass is 470 g/mol. The lowest BCUT2D eigenvalue weighted by atomic mass is 10.0. The van der Waals surface area contributed by atoms with E-state index in [1.54, 1.807) is 17.4 Å². The normalized spacial score (nSPS) is 18.2. The van der Waals surface area contributed by atoms with Gasteiger partial charge in [0.2, 0.25) is 5.91 Å². The van der Waals surface area contributed by atoms with Crippen LogP contribution in [0.1, 0.15) is 30.8 Å². The molecule has 1 aromatic heterocycles. The molecule has 0 saturated carbocycles. The Morgan fingerprint density at radius 2 is 2.22 bits per heavy atom. The predicted octanol–water partition coefficient (Wildman–Crippen LogP) is 4.15. The van der Waals surface area contributed by atoms with Crippen molar-refractivity contribution in [2.45, 2.75) is 31.6 Å². The van der Waals surface area contributed by atoms with Crippen LogP contribution in [0.3, 0.4) is 0 Å². The lowest BCUT2D eigenvalue weighted by molar-refractivity contribution is -0.120. The van der Waals surface area contributed by atoms with Gasteiger partial charge in [-0.15, -0.1) is 11.3 Å². The maximum absolute atomic E-state index is 12.6. The molecule has 1 unspecified atom stereocenters. The van der Waals surface area contributed by atoms with Crippen LogP contribution in [-0.4, -0.2) is 57.9 Å². The smallest absolute Gasteiger partial charge is 0.407 e. The van der Waals surface area contributed by atoms with Crippen molar-refractivity contribution in [2.75, 3.05) is 19.6 Å². The van der Waals surface area contributed by atoms with Gasteiger partial charge < -0.3 is 20.6 Å². The van der Waals surface area contributed by atoms with Crippen LogP contribution in [0.4, 0.5) is 4.79 Å². The Bertz CT molecular complexity index is 1140. The first-order valence-electron chi connectivity index (χ1n) is 10.5. The van der Waals surface area contributed by atoms with E-state index in [4.69, 9.17) is 4.98 Å². The third-order valence-corrected chi connectivity index (χ3v) is 7.61. The third-order valence-electron chi connectivity index (χ3n) is 5.33. The molecule has 3 heterocycles. The van der Waals surface area contributed by atoms with Gasteiger partial charge in [-0.1, -0.05) is 50.4 Å². The van der Waals surface area contributed by atoms with Crippen molar-refractivity contribution in [3.63, 3.8) is 0 Å². The molecular weight excluding hydrogens is 444 g/mol. The summed E-state index contributed by atoms with van der Waals surface area (Å²) in [6, 6.07) is 6.36. The Morgan fingerprint density at radius 3 is 2.94 bits per heavy atom. The SMILES string of the molecule is C=Cc1ccc2sc(C3=C(NC(=O)CCNC(C)C)SC4CN(C(=O)O)CC=C34)nc2c1. The van der Waals surface area contributed by atoms with Crippen LogP contribution in [0.5, 0.6) is 0 Å². The van der Waals surface area contributed by atoms with E-state index in [1.165, 1.54) is 16.7 Å². The molecule has 0 saturated heterocycles. The molecule has 0 spiro atoms. The van der Waals surface area contributed by atoms with Crippen molar-refractivity contribution >= 4 is 57.0 Å². The van der Waals surface area contributed by atoms with Gasteiger partial charge in [0.15, 0.2) is 0 Å². The first kappa shape index (κ1) is 22.6. The molecule has 2 aliphatic rings. The molecule has 0 radical (unpaired) electrons. The number of carbonyl (C=O) groups is 2. The lowest BCUT2D eigenvalue weighted by Gasteiger charge is -2.27. The summed E-state index contributed by atoms with van der Waals surface area (Å²) in [5.41, 5.74) is 3.85. The minimum atomic E-state index is -0.934. The number of thiazole rings is 1. The van der Waals surface area contributed by atoms with E-state index in [1.807, 2.05) is 38.1 Å². The van der Waals surface area contributed by atoms with Gasteiger partial charge in [-0.05, 0) is 23.3 Å². The molecule has 2 aromatic rings. The minimum Gasteiger partial charge on any atom is -0.465 e. The summed E-state index contributed by atoms with van der Waals surface area (Å²) >= 11 is 3.09. The largest absolute Gasteiger partial charge is 0.465 e. The van der Waals surface area contributed by atoms with E-state index in [0.717, 1.165) is 37.0 Å². The van der Waals surface area contributed by atoms with Crippen LogP contribution < -0.4 is 10.6 Å². The summed E-state index contributed by atoms with van der Waals surface area (Å²) in [5, 5.41) is 17.3. The summed E-state index contributed by atoms with van der Waals surface area (Å²) in [6.45, 7) is 9.22. The number of benzene rings is 1. The molecule has 168 valence electrons. The highest BCUT2D eigenvalue weighted by Gasteiger charge is 2.37. The number of thioether (sulfide) groups is 1. The molecule has 3 N–H and O–H groups in total. The van der Waals surface area contributed by atoms with Crippen LogP contribution in [0.25, 0.3) is 21.9 Å². The second kappa shape index (κ2) is 9.48. The minimum absolute atomic E-state index is 0.0605. The van der Waals surface area contributed by atoms with Gasteiger partial charge in [0.25, 0.3) is 0 Å². The Balaban J connectivity index is 1.67. The first-order valence-corrected chi connectivity index (χ1v) is 12.2. The Labute approximate surface area is 195 Å². The van der Waals surface area contributed by atoms with Crippen LogP contribution in [0, 0.1) is 0 Å². The van der Waals surface area contributed by atoms with Gasteiger partial charge in [-0.2, -0.15) is 0 Å². The van der Waals surface area contributed by atoms with Crippen molar-refractivity contribution in [1.29, 1.82) is 0 Å². The maximum atomic E-state index is 12.6. The highest BCUT2D eigenvalue weighted by Crippen LogP contribution is 2.48. The average molecular weight is 471 g/mol.